The predicted octanol–water partition coefficient (Wildman–Crippen LogP) is 4.02. The van der Waals surface area contributed by atoms with Gasteiger partial charge < -0.3 is 15.0 Å². The minimum atomic E-state index is -0.570. The van der Waals surface area contributed by atoms with Gasteiger partial charge in [-0.3, -0.25) is 14.9 Å². The Hall–Kier alpha value is -3.35. The summed E-state index contributed by atoms with van der Waals surface area (Å²) in [7, 11) is 0. The molecule has 2 N–H and O–H groups in total. The average molecular weight is 381 g/mol. The van der Waals surface area contributed by atoms with Crippen LogP contribution in [0.5, 0.6) is 0 Å². The number of amides is 3. The zero-order valence-electron chi connectivity index (χ0n) is 15.7. The van der Waals surface area contributed by atoms with Gasteiger partial charge in [0.05, 0.1) is 6.61 Å². The number of nitrogens with zero attached hydrogens (tertiary/aromatic N) is 1. The fourth-order valence-corrected chi connectivity index (χ4v) is 3.06. The van der Waals surface area contributed by atoms with Crippen LogP contribution in [0.25, 0.3) is 0 Å². The molecule has 1 aliphatic rings. The van der Waals surface area contributed by atoms with Crippen LogP contribution in [-0.4, -0.2) is 31.1 Å². The average Bonchev–Trinajstić information content (AvgIpc) is 2.69. The fraction of sp³-hybridized carbons (Fsp3) is 0.286. The van der Waals surface area contributed by atoms with Crippen molar-refractivity contribution < 1.29 is 19.1 Å². The van der Waals surface area contributed by atoms with Gasteiger partial charge in [0.1, 0.15) is 0 Å². The Kier molecular flexibility index (Phi) is 6.26. The molecule has 0 atom stereocenters. The molecule has 7 nitrogen and oxygen atoms in total. The van der Waals surface area contributed by atoms with Gasteiger partial charge in [0.25, 0.3) is 5.91 Å². The molecule has 28 heavy (non-hydrogen) atoms. The van der Waals surface area contributed by atoms with Crippen molar-refractivity contribution in [2.24, 2.45) is 0 Å². The summed E-state index contributed by atoms with van der Waals surface area (Å²) in [4.78, 5) is 38.0. The van der Waals surface area contributed by atoms with Crippen molar-refractivity contribution in [1.82, 2.24) is 0 Å². The molecule has 0 unspecified atom stereocenters. The van der Waals surface area contributed by atoms with Gasteiger partial charge >= 0.3 is 6.09 Å². The van der Waals surface area contributed by atoms with Crippen LogP contribution in [0, 0.1) is 0 Å². The standard InChI is InChI=1S/C21H23N3O4/c1-2-28-21(27)23-16-8-5-7-15(13-16)20(26)22-17-9-6-10-18(14-17)24-12-4-3-11-19(24)25/h5-10,13-14H,2-4,11-12H2,1H3,(H,22,26)(H,23,27). The van der Waals surface area contributed by atoms with Crippen LogP contribution in [0.1, 0.15) is 36.5 Å². The summed E-state index contributed by atoms with van der Waals surface area (Å²) in [6.07, 6.45) is 1.88. The summed E-state index contributed by atoms with van der Waals surface area (Å²) in [5.74, 6) is -0.206. The van der Waals surface area contributed by atoms with E-state index < -0.39 is 6.09 Å². The molecule has 7 heteroatoms. The van der Waals surface area contributed by atoms with Crippen LogP contribution in [0.3, 0.4) is 0 Å². The van der Waals surface area contributed by atoms with E-state index in [9.17, 15) is 14.4 Å². The van der Waals surface area contributed by atoms with Crippen molar-refractivity contribution in [2.75, 3.05) is 28.7 Å². The number of hydrogen-bond acceptors (Lipinski definition) is 4. The van der Waals surface area contributed by atoms with Crippen LogP contribution in [-0.2, 0) is 9.53 Å². The number of carbonyl (C=O) groups excluding carboxylic acids is 3. The number of nitrogens with one attached hydrogen (secondary N) is 2. The topological polar surface area (TPSA) is 87.7 Å². The molecule has 0 saturated carbocycles. The SMILES string of the molecule is CCOC(=O)Nc1cccc(C(=O)Nc2cccc(N3CCCCC3=O)c2)c1. The number of ether oxygens (including phenoxy) is 1. The lowest BCUT2D eigenvalue weighted by Gasteiger charge is -2.27. The molecule has 0 aromatic heterocycles. The maximum Gasteiger partial charge on any atom is 0.411 e. The van der Waals surface area contributed by atoms with Crippen LogP contribution < -0.4 is 15.5 Å². The number of piperidine rings is 1. The fourth-order valence-electron chi connectivity index (χ4n) is 3.06. The normalized spacial score (nSPS) is 13.8. The van der Waals surface area contributed by atoms with Gasteiger partial charge in [0.2, 0.25) is 5.91 Å². The highest BCUT2D eigenvalue weighted by Crippen LogP contribution is 2.24. The summed E-state index contributed by atoms with van der Waals surface area (Å²) in [5.41, 5.74) is 2.25. The Balaban J connectivity index is 1.70. The minimum Gasteiger partial charge on any atom is -0.450 e. The molecule has 2 aromatic carbocycles. The minimum absolute atomic E-state index is 0.104. The highest BCUT2D eigenvalue weighted by atomic mass is 16.5. The molecule has 3 amide bonds. The first-order valence-corrected chi connectivity index (χ1v) is 9.32. The molecule has 3 rings (SSSR count). The first-order chi connectivity index (χ1) is 13.6. The lowest BCUT2D eigenvalue weighted by molar-refractivity contribution is -0.119. The van der Waals surface area contributed by atoms with E-state index in [4.69, 9.17) is 4.74 Å². The predicted molar refractivity (Wildman–Crippen MR) is 108 cm³/mol. The Morgan fingerprint density at radius 2 is 1.79 bits per heavy atom. The van der Waals surface area contributed by atoms with E-state index in [0.717, 1.165) is 18.5 Å². The first kappa shape index (κ1) is 19.4. The van der Waals surface area contributed by atoms with E-state index in [2.05, 4.69) is 10.6 Å². The maximum absolute atomic E-state index is 12.6. The van der Waals surface area contributed by atoms with Gasteiger partial charge in [-0.1, -0.05) is 12.1 Å². The number of anilines is 3. The molecule has 1 aliphatic heterocycles. The number of carbonyl (C=O) groups is 3. The van der Waals surface area contributed by atoms with Crippen molar-refractivity contribution in [3.8, 4) is 0 Å². The van der Waals surface area contributed by atoms with Gasteiger partial charge in [-0.15, -0.1) is 0 Å². The Morgan fingerprint density at radius 3 is 2.54 bits per heavy atom. The largest absolute Gasteiger partial charge is 0.450 e. The quantitative estimate of drug-likeness (QED) is 0.819. The van der Waals surface area contributed by atoms with Gasteiger partial charge in [-0.25, -0.2) is 4.79 Å². The highest BCUT2D eigenvalue weighted by molar-refractivity contribution is 6.05. The van der Waals surface area contributed by atoms with Crippen molar-refractivity contribution in [3.63, 3.8) is 0 Å². The Labute approximate surface area is 163 Å². The molecule has 1 saturated heterocycles. The molecule has 0 aliphatic carbocycles. The number of benzene rings is 2. The number of rotatable bonds is 5. The second-order valence-corrected chi connectivity index (χ2v) is 6.43. The third kappa shape index (κ3) is 4.88. The van der Waals surface area contributed by atoms with E-state index in [1.807, 2.05) is 12.1 Å². The van der Waals surface area contributed by atoms with Crippen molar-refractivity contribution in [3.05, 3.63) is 54.1 Å². The molecule has 146 valence electrons. The zero-order valence-corrected chi connectivity index (χ0v) is 15.7. The van der Waals surface area contributed by atoms with Crippen molar-refractivity contribution >= 4 is 35.0 Å². The highest BCUT2D eigenvalue weighted by Gasteiger charge is 2.20. The second kappa shape index (κ2) is 9.03. The monoisotopic (exact) mass is 381 g/mol. The lowest BCUT2D eigenvalue weighted by atomic mass is 10.1. The summed E-state index contributed by atoms with van der Waals surface area (Å²) >= 11 is 0. The molecule has 1 fully saturated rings. The van der Waals surface area contributed by atoms with E-state index >= 15 is 0 Å². The van der Waals surface area contributed by atoms with Gasteiger partial charge in [0.15, 0.2) is 0 Å². The van der Waals surface area contributed by atoms with E-state index in [1.165, 1.54) is 0 Å². The smallest absolute Gasteiger partial charge is 0.411 e. The van der Waals surface area contributed by atoms with Crippen LogP contribution in [0.2, 0.25) is 0 Å². The summed E-state index contributed by atoms with van der Waals surface area (Å²) in [6, 6.07) is 13.8. The molecule has 0 spiro atoms. The third-order valence-electron chi connectivity index (χ3n) is 4.39. The van der Waals surface area contributed by atoms with Crippen molar-refractivity contribution in [1.29, 1.82) is 0 Å². The van der Waals surface area contributed by atoms with E-state index in [1.54, 1.807) is 48.2 Å². The summed E-state index contributed by atoms with van der Waals surface area (Å²) in [5, 5.41) is 5.41. The molecule has 0 bridgehead atoms. The van der Waals surface area contributed by atoms with Crippen molar-refractivity contribution in [2.45, 2.75) is 26.2 Å². The molecular weight excluding hydrogens is 358 g/mol. The third-order valence-corrected chi connectivity index (χ3v) is 4.39. The van der Waals surface area contributed by atoms with Gasteiger partial charge in [-0.2, -0.15) is 0 Å². The first-order valence-electron chi connectivity index (χ1n) is 9.32. The molecule has 2 aromatic rings. The van der Waals surface area contributed by atoms with Crippen LogP contribution in [0.4, 0.5) is 21.9 Å². The van der Waals surface area contributed by atoms with Gasteiger partial charge in [-0.05, 0) is 56.2 Å². The zero-order chi connectivity index (χ0) is 19.9. The summed E-state index contributed by atoms with van der Waals surface area (Å²) in [6.45, 7) is 2.68. The Bertz CT molecular complexity index is 881. The molecule has 0 radical (unpaired) electrons. The Morgan fingerprint density at radius 1 is 1.04 bits per heavy atom. The lowest BCUT2D eigenvalue weighted by Crippen LogP contribution is -2.35. The van der Waals surface area contributed by atoms with E-state index in [-0.39, 0.29) is 18.4 Å². The maximum atomic E-state index is 12.6. The summed E-state index contributed by atoms with van der Waals surface area (Å²) < 4.78 is 4.84. The van der Waals surface area contributed by atoms with Crippen LogP contribution >= 0.6 is 0 Å². The van der Waals surface area contributed by atoms with E-state index in [0.29, 0.717) is 29.9 Å². The molecular formula is C21H23N3O4. The van der Waals surface area contributed by atoms with Crippen LogP contribution in [0.15, 0.2) is 48.5 Å². The second-order valence-electron chi connectivity index (χ2n) is 6.43. The molecule has 1 heterocycles. The number of hydrogen-bond donors (Lipinski definition) is 2. The van der Waals surface area contributed by atoms with Gasteiger partial charge in [0, 0.05) is 35.6 Å².